The summed E-state index contributed by atoms with van der Waals surface area (Å²) in [6.45, 7) is 3.70. The van der Waals surface area contributed by atoms with E-state index in [-0.39, 0.29) is 29.1 Å². The molecule has 2 rings (SSSR count). The molecular weight excluding hydrogens is 389 g/mol. The molecule has 2 N–H and O–H groups in total. The molecule has 0 aromatic carbocycles. The topological polar surface area (TPSA) is 93.2 Å². The lowest BCUT2D eigenvalue weighted by Crippen LogP contribution is -2.29. The summed E-state index contributed by atoms with van der Waals surface area (Å²) in [6, 6.07) is 5.45. The van der Waals surface area contributed by atoms with Crippen LogP contribution in [0.3, 0.4) is 0 Å². The summed E-state index contributed by atoms with van der Waals surface area (Å²) < 4.78 is 41.1. The highest BCUT2D eigenvalue weighted by Gasteiger charge is 2.28. The van der Waals surface area contributed by atoms with Gasteiger partial charge in [-0.05, 0) is 24.6 Å². The molecule has 2 amide bonds. The minimum absolute atomic E-state index is 0.0476. The van der Waals surface area contributed by atoms with Crippen LogP contribution in [-0.4, -0.2) is 34.6 Å². The van der Waals surface area contributed by atoms with E-state index in [1.807, 2.05) is 0 Å². The zero-order valence-electron chi connectivity index (χ0n) is 16.1. The van der Waals surface area contributed by atoms with Crippen molar-refractivity contribution < 1.29 is 27.5 Å². The lowest BCUT2D eigenvalue weighted by molar-refractivity contribution is -0.154. The van der Waals surface area contributed by atoms with Gasteiger partial charge in [-0.3, -0.25) is 9.59 Å². The maximum absolute atomic E-state index is 12.6. The minimum atomic E-state index is -4.45. The summed E-state index contributed by atoms with van der Waals surface area (Å²) in [6.07, 6.45) is -1.71. The van der Waals surface area contributed by atoms with Gasteiger partial charge in [0.15, 0.2) is 12.3 Å². The third kappa shape index (κ3) is 6.74. The maximum atomic E-state index is 12.6. The monoisotopic (exact) mass is 410 g/mol. The Morgan fingerprint density at radius 1 is 1.14 bits per heavy atom. The van der Waals surface area contributed by atoms with Crippen molar-refractivity contribution in [3.8, 4) is 5.88 Å². The maximum Gasteiger partial charge on any atom is 0.422 e. The Kier molecular flexibility index (Phi) is 7.13. The standard InChI is InChI=1S/C19H21F3N4O3/c1-11(2)17(27)26-14-5-4-8-23-16(14)18(28)25-12(3)13-6-7-15(24-9-13)29-10-19(20,21)22/h4-9,11-12H,10H2,1-3H3,(H,25,28)(H,26,27). The van der Waals surface area contributed by atoms with E-state index in [1.165, 1.54) is 24.5 Å². The van der Waals surface area contributed by atoms with Crippen LogP contribution in [0.4, 0.5) is 18.9 Å². The molecular formula is C19H21F3N4O3. The third-order valence-corrected chi connectivity index (χ3v) is 3.80. The summed E-state index contributed by atoms with van der Waals surface area (Å²) in [7, 11) is 0. The Bertz CT molecular complexity index is 855. The number of nitrogens with zero attached hydrogens (tertiary/aromatic N) is 2. The fourth-order valence-corrected chi connectivity index (χ4v) is 2.20. The Labute approximate surface area is 165 Å². The highest BCUT2D eigenvalue weighted by Crippen LogP contribution is 2.20. The van der Waals surface area contributed by atoms with Crippen molar-refractivity contribution in [2.45, 2.75) is 33.0 Å². The van der Waals surface area contributed by atoms with Crippen LogP contribution >= 0.6 is 0 Å². The molecule has 7 nitrogen and oxygen atoms in total. The number of alkyl halides is 3. The average molecular weight is 410 g/mol. The van der Waals surface area contributed by atoms with E-state index in [0.29, 0.717) is 5.56 Å². The van der Waals surface area contributed by atoms with Gasteiger partial charge in [-0.2, -0.15) is 13.2 Å². The summed E-state index contributed by atoms with van der Waals surface area (Å²) in [5.41, 5.74) is 0.887. The van der Waals surface area contributed by atoms with Gasteiger partial charge in [0, 0.05) is 24.4 Å². The number of pyridine rings is 2. The van der Waals surface area contributed by atoms with Crippen LogP contribution < -0.4 is 15.4 Å². The average Bonchev–Trinajstić information content (AvgIpc) is 2.66. The van der Waals surface area contributed by atoms with Crippen LogP contribution in [0.1, 0.15) is 42.9 Å². The van der Waals surface area contributed by atoms with Crippen LogP contribution in [0, 0.1) is 5.92 Å². The minimum Gasteiger partial charge on any atom is -0.468 e. The number of halogens is 3. The molecule has 10 heteroatoms. The van der Waals surface area contributed by atoms with Gasteiger partial charge in [0.2, 0.25) is 11.8 Å². The van der Waals surface area contributed by atoms with Crippen molar-refractivity contribution in [1.82, 2.24) is 15.3 Å². The molecule has 2 heterocycles. The first-order chi connectivity index (χ1) is 13.6. The summed E-state index contributed by atoms with van der Waals surface area (Å²) >= 11 is 0. The van der Waals surface area contributed by atoms with E-state index in [0.717, 1.165) is 0 Å². The van der Waals surface area contributed by atoms with Gasteiger partial charge in [0.25, 0.3) is 5.91 Å². The number of hydrogen-bond acceptors (Lipinski definition) is 5. The molecule has 0 radical (unpaired) electrons. The summed E-state index contributed by atoms with van der Waals surface area (Å²) in [5, 5.41) is 5.37. The largest absolute Gasteiger partial charge is 0.468 e. The van der Waals surface area contributed by atoms with Crippen LogP contribution in [-0.2, 0) is 4.79 Å². The molecule has 0 aliphatic rings. The fourth-order valence-electron chi connectivity index (χ4n) is 2.20. The molecule has 1 atom stereocenters. The number of carbonyl (C=O) groups excluding carboxylic acids is 2. The molecule has 1 unspecified atom stereocenters. The Morgan fingerprint density at radius 3 is 2.45 bits per heavy atom. The summed E-state index contributed by atoms with van der Waals surface area (Å²) in [5.74, 6) is -1.21. The van der Waals surface area contributed by atoms with Crippen LogP contribution in [0.15, 0.2) is 36.7 Å². The van der Waals surface area contributed by atoms with Crippen molar-refractivity contribution in [3.63, 3.8) is 0 Å². The molecule has 0 saturated carbocycles. The number of nitrogens with one attached hydrogen (secondary N) is 2. The molecule has 0 aliphatic heterocycles. The zero-order valence-corrected chi connectivity index (χ0v) is 16.1. The van der Waals surface area contributed by atoms with Gasteiger partial charge in [-0.15, -0.1) is 0 Å². The van der Waals surface area contributed by atoms with E-state index in [1.54, 1.807) is 32.9 Å². The number of aromatic nitrogens is 2. The first kappa shape index (κ1) is 22.1. The quantitative estimate of drug-likeness (QED) is 0.729. The lowest BCUT2D eigenvalue weighted by atomic mass is 10.1. The van der Waals surface area contributed by atoms with Crippen molar-refractivity contribution in [2.24, 2.45) is 5.92 Å². The first-order valence-electron chi connectivity index (χ1n) is 8.79. The van der Waals surface area contributed by atoms with Crippen LogP contribution in [0.25, 0.3) is 0 Å². The van der Waals surface area contributed by atoms with Gasteiger partial charge in [-0.1, -0.05) is 19.9 Å². The predicted octanol–water partition coefficient (Wildman–Crippen LogP) is 3.50. The van der Waals surface area contributed by atoms with Gasteiger partial charge in [-0.25, -0.2) is 9.97 Å². The first-order valence-corrected chi connectivity index (χ1v) is 8.79. The second kappa shape index (κ2) is 9.35. The van der Waals surface area contributed by atoms with E-state index < -0.39 is 24.7 Å². The predicted molar refractivity (Wildman–Crippen MR) is 99.4 cm³/mol. The Hall–Kier alpha value is -3.17. The van der Waals surface area contributed by atoms with Crippen molar-refractivity contribution in [2.75, 3.05) is 11.9 Å². The van der Waals surface area contributed by atoms with Gasteiger partial charge < -0.3 is 15.4 Å². The molecule has 29 heavy (non-hydrogen) atoms. The van der Waals surface area contributed by atoms with Gasteiger partial charge in [0.1, 0.15) is 0 Å². The number of anilines is 1. The molecule has 0 bridgehead atoms. The molecule has 0 saturated heterocycles. The number of hydrogen-bond donors (Lipinski definition) is 2. The molecule has 0 aliphatic carbocycles. The van der Waals surface area contributed by atoms with Gasteiger partial charge >= 0.3 is 6.18 Å². The van der Waals surface area contributed by atoms with Gasteiger partial charge in [0.05, 0.1) is 11.7 Å². The normalized spacial score (nSPS) is 12.4. The van der Waals surface area contributed by atoms with E-state index in [9.17, 15) is 22.8 Å². The second-order valence-corrected chi connectivity index (χ2v) is 6.57. The molecule has 0 fully saturated rings. The van der Waals surface area contributed by atoms with Crippen LogP contribution in [0.5, 0.6) is 5.88 Å². The van der Waals surface area contributed by atoms with E-state index >= 15 is 0 Å². The van der Waals surface area contributed by atoms with Crippen molar-refractivity contribution in [3.05, 3.63) is 47.9 Å². The van der Waals surface area contributed by atoms with Crippen LogP contribution in [0.2, 0.25) is 0 Å². The fraction of sp³-hybridized carbons (Fsp3) is 0.368. The summed E-state index contributed by atoms with van der Waals surface area (Å²) in [4.78, 5) is 32.3. The number of rotatable bonds is 7. The highest BCUT2D eigenvalue weighted by molar-refractivity contribution is 6.02. The van der Waals surface area contributed by atoms with Crippen molar-refractivity contribution >= 4 is 17.5 Å². The van der Waals surface area contributed by atoms with Crippen molar-refractivity contribution in [1.29, 1.82) is 0 Å². The molecule has 156 valence electrons. The number of carbonyl (C=O) groups is 2. The third-order valence-electron chi connectivity index (χ3n) is 3.80. The number of amides is 2. The number of ether oxygens (including phenoxy) is 1. The van der Waals surface area contributed by atoms with E-state index in [2.05, 4.69) is 25.3 Å². The molecule has 0 spiro atoms. The van der Waals surface area contributed by atoms with E-state index in [4.69, 9.17) is 0 Å². The smallest absolute Gasteiger partial charge is 0.422 e. The highest BCUT2D eigenvalue weighted by atomic mass is 19.4. The zero-order chi connectivity index (χ0) is 21.6. The lowest BCUT2D eigenvalue weighted by Gasteiger charge is -2.16. The Balaban J connectivity index is 2.05. The second-order valence-electron chi connectivity index (χ2n) is 6.57. The molecule has 2 aromatic rings. The Morgan fingerprint density at radius 2 is 1.86 bits per heavy atom. The SMILES string of the molecule is CC(C)C(=O)Nc1cccnc1C(=O)NC(C)c1ccc(OCC(F)(F)F)nc1. The molecule has 2 aromatic heterocycles.